The minimum Gasteiger partial charge on any atom is -0.390 e. The van der Waals surface area contributed by atoms with Gasteiger partial charge in [0.25, 0.3) is 5.91 Å². The van der Waals surface area contributed by atoms with E-state index in [9.17, 15) is 18.3 Å². The first kappa shape index (κ1) is 27.5. The highest BCUT2D eigenvalue weighted by Crippen LogP contribution is 2.35. The van der Waals surface area contributed by atoms with Crippen molar-refractivity contribution in [3.8, 4) is 0 Å². The summed E-state index contributed by atoms with van der Waals surface area (Å²) >= 11 is 2.12. The van der Waals surface area contributed by atoms with E-state index >= 15 is 0 Å². The molecule has 0 unspecified atom stereocenters. The number of aromatic nitrogens is 3. The van der Waals surface area contributed by atoms with Crippen molar-refractivity contribution < 1.29 is 18.3 Å². The van der Waals surface area contributed by atoms with Crippen LogP contribution in [0.2, 0.25) is 0 Å². The van der Waals surface area contributed by atoms with E-state index < -0.39 is 16.1 Å². The van der Waals surface area contributed by atoms with Gasteiger partial charge in [-0.05, 0) is 66.5 Å². The minimum atomic E-state index is -3.57. The largest absolute Gasteiger partial charge is 0.390 e. The van der Waals surface area contributed by atoms with E-state index in [1.807, 2.05) is 17.0 Å². The number of hydrogen-bond donors (Lipinski definition) is 3. The highest BCUT2D eigenvalue weighted by Gasteiger charge is 2.34. The summed E-state index contributed by atoms with van der Waals surface area (Å²) < 4.78 is 29.2. The summed E-state index contributed by atoms with van der Waals surface area (Å²) in [6.45, 7) is 3.33. The van der Waals surface area contributed by atoms with Crippen molar-refractivity contribution in [3.05, 3.63) is 45.2 Å². The topological polar surface area (TPSA) is 149 Å². The van der Waals surface area contributed by atoms with Gasteiger partial charge in [-0.1, -0.05) is 0 Å². The Balaban J connectivity index is 1.39. The molecule has 1 aromatic carbocycles. The zero-order valence-corrected chi connectivity index (χ0v) is 25.2. The lowest BCUT2D eigenvalue weighted by Crippen LogP contribution is -2.39. The number of hydrogen-bond acceptors (Lipinski definition) is 9. The molecular formula is C26H33IN8O4S. The van der Waals surface area contributed by atoms with Crippen LogP contribution in [-0.4, -0.2) is 90.1 Å². The Bertz CT molecular complexity index is 1550. The smallest absolute Gasteiger partial charge is 0.256 e. The fourth-order valence-electron chi connectivity index (χ4n) is 5.68. The van der Waals surface area contributed by atoms with Crippen LogP contribution < -0.4 is 20.3 Å². The van der Waals surface area contributed by atoms with Crippen molar-refractivity contribution in [2.24, 2.45) is 5.73 Å². The predicted octanol–water partition coefficient (Wildman–Crippen LogP) is 1.79. The summed E-state index contributed by atoms with van der Waals surface area (Å²) in [6.07, 6.45) is 4.09. The predicted molar refractivity (Wildman–Crippen MR) is 161 cm³/mol. The average Bonchev–Trinajstić information content (AvgIpc) is 3.45. The second-order valence-corrected chi connectivity index (χ2v) is 13.9. The third-order valence-corrected chi connectivity index (χ3v) is 9.12. The molecule has 0 aliphatic carbocycles. The summed E-state index contributed by atoms with van der Waals surface area (Å²) in [5.74, 6) is 1.44. The Kier molecular flexibility index (Phi) is 7.29. The Morgan fingerprint density at radius 3 is 2.58 bits per heavy atom. The van der Waals surface area contributed by atoms with Crippen LogP contribution in [0, 0.1) is 3.57 Å². The third kappa shape index (κ3) is 5.33. The van der Waals surface area contributed by atoms with Gasteiger partial charge < -0.3 is 25.5 Å². The molecule has 3 aliphatic heterocycles. The second kappa shape index (κ2) is 10.6. The number of anilines is 3. The van der Waals surface area contributed by atoms with Crippen LogP contribution in [0.4, 0.5) is 17.3 Å². The zero-order chi connectivity index (χ0) is 28.2. The molecule has 2 aromatic heterocycles. The third-order valence-electron chi connectivity index (χ3n) is 7.86. The van der Waals surface area contributed by atoms with Crippen LogP contribution in [0.3, 0.4) is 0 Å². The highest BCUT2D eigenvalue weighted by molar-refractivity contribution is 14.1. The maximum Gasteiger partial charge on any atom is 0.256 e. The summed E-state index contributed by atoms with van der Waals surface area (Å²) in [5, 5.41) is 15.3. The van der Waals surface area contributed by atoms with E-state index in [4.69, 9.17) is 15.8 Å². The number of carbonyl (C=O) groups is 1. The first-order valence-corrected chi connectivity index (χ1v) is 16.5. The quantitative estimate of drug-likeness (QED) is 0.332. The Hall–Kier alpha value is -2.69. The van der Waals surface area contributed by atoms with Crippen LogP contribution >= 0.6 is 22.6 Å². The van der Waals surface area contributed by atoms with E-state index in [-0.39, 0.29) is 23.7 Å². The number of nitrogens with one attached hydrogen (secondary N) is 1. The molecule has 3 saturated heterocycles. The van der Waals surface area contributed by atoms with E-state index in [1.54, 1.807) is 27.6 Å². The van der Waals surface area contributed by atoms with Crippen molar-refractivity contribution >= 4 is 61.5 Å². The van der Waals surface area contributed by atoms with Crippen molar-refractivity contribution in [1.82, 2.24) is 19.5 Å². The van der Waals surface area contributed by atoms with Gasteiger partial charge in [0.1, 0.15) is 11.6 Å². The fraction of sp³-hybridized carbons (Fsp3) is 0.500. The Morgan fingerprint density at radius 1 is 1.10 bits per heavy atom. The summed E-state index contributed by atoms with van der Waals surface area (Å²) in [7, 11) is -3.57. The number of amides is 1. The highest BCUT2D eigenvalue weighted by atomic mass is 127. The SMILES string of the molecule is CS(=O)(=O)Nc1ccc(I)cc1C(=O)N1CCCC[C@H]1c1cc2nc(N3CCC3)cc(N3C[C@H](N)[C@@H](O)C3)n2n1. The lowest BCUT2D eigenvalue weighted by Gasteiger charge is -2.35. The van der Waals surface area contributed by atoms with Crippen LogP contribution in [0.15, 0.2) is 30.3 Å². The molecule has 4 N–H and O–H groups in total. The number of rotatable bonds is 6. The normalized spacial score (nSPS) is 23.5. The number of fused-ring (bicyclic) bond motifs is 1. The molecule has 214 valence electrons. The van der Waals surface area contributed by atoms with E-state index in [0.29, 0.717) is 30.8 Å². The molecule has 3 fully saturated rings. The number of piperidine rings is 1. The molecule has 0 spiro atoms. The van der Waals surface area contributed by atoms with Gasteiger partial charge >= 0.3 is 0 Å². The average molecular weight is 681 g/mol. The number of halogens is 1. The first-order chi connectivity index (χ1) is 19.1. The number of sulfonamides is 1. The molecule has 12 nitrogen and oxygen atoms in total. The van der Waals surface area contributed by atoms with Crippen molar-refractivity contribution in [2.75, 3.05) is 53.5 Å². The maximum atomic E-state index is 14.0. The van der Waals surface area contributed by atoms with Crippen molar-refractivity contribution in [1.29, 1.82) is 0 Å². The molecule has 3 aliphatic rings. The lowest BCUT2D eigenvalue weighted by atomic mass is 9.98. The number of nitrogens with zero attached hydrogens (tertiary/aromatic N) is 6. The number of likely N-dealkylation sites (tertiary alicyclic amines) is 1. The van der Waals surface area contributed by atoms with Gasteiger partial charge in [-0.3, -0.25) is 9.52 Å². The molecular weight excluding hydrogens is 647 g/mol. The molecule has 0 radical (unpaired) electrons. The molecule has 3 atom stereocenters. The number of aliphatic hydroxyl groups is 1. The lowest BCUT2D eigenvalue weighted by molar-refractivity contribution is 0.0606. The molecule has 6 rings (SSSR count). The molecule has 0 bridgehead atoms. The van der Waals surface area contributed by atoms with Gasteiger partial charge in [-0.2, -0.15) is 9.61 Å². The number of aliphatic hydroxyl groups excluding tert-OH is 1. The molecule has 1 amide bonds. The fourth-order valence-corrected chi connectivity index (χ4v) is 6.75. The van der Waals surface area contributed by atoms with Gasteiger partial charge in [-0.15, -0.1) is 0 Å². The standard InChI is InChI=1S/C26H33IN8O4S/c1-40(38,39)31-19-7-6-16(27)11-17(19)26(37)34-10-3-2-5-21(34)20-12-24-29-23(32-8-4-9-32)13-25(35(24)30-20)33-14-18(28)22(36)15-33/h6-7,11-13,18,21-22,31,36H,2-5,8-10,14-15,28H2,1H3/t18-,21-,22-/m0/s1. The first-order valence-electron chi connectivity index (χ1n) is 13.5. The van der Waals surface area contributed by atoms with Gasteiger partial charge in [0, 0.05) is 54.5 Å². The monoisotopic (exact) mass is 680 g/mol. The van der Waals surface area contributed by atoms with Gasteiger partial charge in [0.05, 0.1) is 35.3 Å². The molecule has 40 heavy (non-hydrogen) atoms. The Labute approximate surface area is 246 Å². The summed E-state index contributed by atoms with van der Waals surface area (Å²) in [6, 6.07) is 8.42. The Morgan fingerprint density at radius 2 is 1.90 bits per heavy atom. The number of nitrogens with two attached hydrogens (primary N) is 1. The molecule has 0 saturated carbocycles. The second-order valence-electron chi connectivity index (χ2n) is 10.9. The maximum absolute atomic E-state index is 14.0. The van der Waals surface area contributed by atoms with Crippen LogP contribution in [0.25, 0.3) is 5.65 Å². The van der Waals surface area contributed by atoms with E-state index in [2.05, 4.69) is 32.2 Å². The summed E-state index contributed by atoms with van der Waals surface area (Å²) in [4.78, 5) is 24.9. The number of β-amino-alcohol motifs (C(OH)–C–C–N with tert-alkyl or cyclic N) is 1. The van der Waals surface area contributed by atoms with Crippen molar-refractivity contribution in [3.63, 3.8) is 0 Å². The van der Waals surface area contributed by atoms with Crippen LogP contribution in [0.5, 0.6) is 0 Å². The van der Waals surface area contributed by atoms with E-state index in [0.717, 1.165) is 65.9 Å². The van der Waals surface area contributed by atoms with Gasteiger partial charge in [0.15, 0.2) is 5.65 Å². The van der Waals surface area contributed by atoms with E-state index in [1.165, 1.54) is 0 Å². The van der Waals surface area contributed by atoms with Gasteiger partial charge in [-0.25, -0.2) is 13.4 Å². The van der Waals surface area contributed by atoms with Crippen LogP contribution in [0.1, 0.15) is 47.8 Å². The number of carbonyl (C=O) groups excluding carboxylic acids is 1. The summed E-state index contributed by atoms with van der Waals surface area (Å²) in [5.41, 5.74) is 8.12. The van der Waals surface area contributed by atoms with Crippen LogP contribution in [-0.2, 0) is 10.0 Å². The molecule has 5 heterocycles. The minimum absolute atomic E-state index is 0.241. The molecule has 14 heteroatoms. The number of benzene rings is 1. The van der Waals surface area contributed by atoms with Gasteiger partial charge in [0.2, 0.25) is 10.0 Å². The molecule has 3 aromatic rings. The zero-order valence-electron chi connectivity index (χ0n) is 22.2. The van der Waals surface area contributed by atoms with Crippen molar-refractivity contribution in [2.45, 2.75) is 43.9 Å².